The summed E-state index contributed by atoms with van der Waals surface area (Å²) in [6.45, 7) is 7.26. The predicted octanol–water partition coefficient (Wildman–Crippen LogP) is 3.42. The van der Waals surface area contributed by atoms with Crippen LogP contribution in [0.25, 0.3) is 0 Å². The molecule has 0 spiro atoms. The van der Waals surface area contributed by atoms with Crippen LogP contribution in [0.15, 0.2) is 39.8 Å². The lowest BCUT2D eigenvalue weighted by atomic mass is 9.90. The van der Waals surface area contributed by atoms with E-state index in [4.69, 9.17) is 4.52 Å². The van der Waals surface area contributed by atoms with Crippen LogP contribution in [-0.4, -0.2) is 40.6 Å². The molecule has 0 radical (unpaired) electrons. The van der Waals surface area contributed by atoms with E-state index in [1.807, 2.05) is 6.92 Å². The third kappa shape index (κ3) is 5.96. The van der Waals surface area contributed by atoms with E-state index in [1.54, 1.807) is 0 Å². The first-order valence-electron chi connectivity index (χ1n) is 9.11. The number of halogens is 1. The summed E-state index contributed by atoms with van der Waals surface area (Å²) in [6.07, 6.45) is 3.56. The Morgan fingerprint density at radius 2 is 2.00 bits per heavy atom. The Bertz CT molecular complexity index is 680. The topological polar surface area (TPSA) is 66.5 Å². The maximum absolute atomic E-state index is 5.15. The lowest BCUT2D eigenvalue weighted by molar-refractivity contribution is 0.258. The van der Waals surface area contributed by atoms with Crippen molar-refractivity contribution in [2.45, 2.75) is 39.7 Å². The molecule has 1 N–H and O–H groups in total. The second kappa shape index (κ2) is 10.5. The summed E-state index contributed by atoms with van der Waals surface area (Å²) in [6, 6.07) is 10.8. The average molecular weight is 469 g/mol. The zero-order valence-corrected chi connectivity index (χ0v) is 17.8. The highest BCUT2D eigenvalue weighted by molar-refractivity contribution is 14.0. The standard InChI is InChI=1S/C19H27N5O.HI/c1-3-20-19(21-14-18-22-15(2)23-25-18)24-11-9-17(10-12-24)13-16-7-5-4-6-8-16;/h4-8,17H,3,9-14H2,1-2H3,(H,20,21);1H. The monoisotopic (exact) mass is 469 g/mol. The van der Waals surface area contributed by atoms with Gasteiger partial charge in [0.15, 0.2) is 11.8 Å². The molecule has 2 heterocycles. The molecule has 2 aromatic rings. The van der Waals surface area contributed by atoms with Crippen molar-refractivity contribution in [1.82, 2.24) is 20.4 Å². The Morgan fingerprint density at radius 3 is 2.62 bits per heavy atom. The fraction of sp³-hybridized carbons (Fsp3) is 0.526. The van der Waals surface area contributed by atoms with Gasteiger partial charge in [-0.25, -0.2) is 4.99 Å². The number of likely N-dealkylation sites (tertiary alicyclic amines) is 1. The van der Waals surface area contributed by atoms with Crippen molar-refractivity contribution in [2.75, 3.05) is 19.6 Å². The van der Waals surface area contributed by atoms with E-state index >= 15 is 0 Å². The average Bonchev–Trinajstić information content (AvgIpc) is 3.06. The highest BCUT2D eigenvalue weighted by atomic mass is 127. The van der Waals surface area contributed by atoms with Crippen molar-refractivity contribution in [3.8, 4) is 0 Å². The minimum atomic E-state index is 0. The van der Waals surface area contributed by atoms with E-state index in [1.165, 1.54) is 24.8 Å². The first-order valence-corrected chi connectivity index (χ1v) is 9.11. The lowest BCUT2D eigenvalue weighted by Gasteiger charge is -2.34. The zero-order valence-electron chi connectivity index (χ0n) is 15.5. The second-order valence-corrected chi connectivity index (χ2v) is 6.53. The fourth-order valence-electron chi connectivity index (χ4n) is 3.27. The van der Waals surface area contributed by atoms with E-state index in [0.29, 0.717) is 18.3 Å². The van der Waals surface area contributed by atoms with Crippen molar-refractivity contribution in [2.24, 2.45) is 10.9 Å². The van der Waals surface area contributed by atoms with Crippen molar-refractivity contribution in [3.63, 3.8) is 0 Å². The SMILES string of the molecule is CCNC(=NCc1nc(C)no1)N1CCC(Cc2ccccc2)CC1.I. The molecule has 1 aliphatic rings. The lowest BCUT2D eigenvalue weighted by Crippen LogP contribution is -2.45. The number of nitrogens with zero attached hydrogens (tertiary/aromatic N) is 4. The highest BCUT2D eigenvalue weighted by Gasteiger charge is 2.21. The summed E-state index contributed by atoms with van der Waals surface area (Å²) in [5.41, 5.74) is 1.44. The molecule has 1 saturated heterocycles. The normalized spacial score (nSPS) is 15.6. The van der Waals surface area contributed by atoms with Gasteiger partial charge in [-0.3, -0.25) is 0 Å². The first-order chi connectivity index (χ1) is 12.2. The number of benzene rings is 1. The van der Waals surface area contributed by atoms with Gasteiger partial charge in [-0.1, -0.05) is 35.5 Å². The highest BCUT2D eigenvalue weighted by Crippen LogP contribution is 2.21. The molecular weight excluding hydrogens is 441 g/mol. The molecule has 0 amide bonds. The van der Waals surface area contributed by atoms with Crippen LogP contribution in [0.4, 0.5) is 0 Å². The summed E-state index contributed by atoms with van der Waals surface area (Å²) < 4.78 is 5.15. The molecule has 1 aliphatic heterocycles. The molecule has 1 fully saturated rings. The summed E-state index contributed by atoms with van der Waals surface area (Å²) >= 11 is 0. The fourth-order valence-corrected chi connectivity index (χ4v) is 3.27. The maximum atomic E-state index is 5.15. The number of nitrogens with one attached hydrogen (secondary N) is 1. The van der Waals surface area contributed by atoms with Gasteiger partial charge < -0.3 is 14.7 Å². The number of rotatable bonds is 5. The molecule has 3 rings (SSSR count). The number of aryl methyl sites for hydroxylation is 1. The molecule has 0 atom stereocenters. The number of piperidine rings is 1. The number of guanidine groups is 1. The minimum Gasteiger partial charge on any atom is -0.357 e. The quantitative estimate of drug-likeness (QED) is 0.413. The molecule has 142 valence electrons. The minimum absolute atomic E-state index is 0. The van der Waals surface area contributed by atoms with Crippen LogP contribution in [0.5, 0.6) is 0 Å². The second-order valence-electron chi connectivity index (χ2n) is 6.53. The molecule has 6 nitrogen and oxygen atoms in total. The predicted molar refractivity (Wildman–Crippen MR) is 114 cm³/mol. The van der Waals surface area contributed by atoms with E-state index < -0.39 is 0 Å². The van der Waals surface area contributed by atoms with Gasteiger partial charge in [-0.05, 0) is 44.6 Å². The Kier molecular flexibility index (Phi) is 8.34. The summed E-state index contributed by atoms with van der Waals surface area (Å²) in [5, 5.41) is 7.19. The van der Waals surface area contributed by atoms with Crippen LogP contribution < -0.4 is 5.32 Å². The zero-order chi connectivity index (χ0) is 17.5. The third-order valence-corrected chi connectivity index (χ3v) is 4.55. The third-order valence-electron chi connectivity index (χ3n) is 4.55. The summed E-state index contributed by atoms with van der Waals surface area (Å²) in [5.74, 6) is 2.90. The van der Waals surface area contributed by atoms with Gasteiger partial charge >= 0.3 is 0 Å². The van der Waals surface area contributed by atoms with Crippen LogP contribution in [-0.2, 0) is 13.0 Å². The molecule has 1 aromatic heterocycles. The van der Waals surface area contributed by atoms with Crippen molar-refractivity contribution < 1.29 is 4.52 Å². The molecular formula is C19H28IN5O. The Balaban J connectivity index is 0.00000243. The van der Waals surface area contributed by atoms with Crippen molar-refractivity contribution >= 4 is 29.9 Å². The molecule has 1 aromatic carbocycles. The van der Waals surface area contributed by atoms with Crippen LogP contribution in [0.1, 0.15) is 37.0 Å². The van der Waals surface area contributed by atoms with Crippen LogP contribution in [0, 0.1) is 12.8 Å². The number of hydrogen-bond acceptors (Lipinski definition) is 4. The van der Waals surface area contributed by atoms with E-state index in [9.17, 15) is 0 Å². The summed E-state index contributed by atoms with van der Waals surface area (Å²) in [4.78, 5) is 11.2. The number of hydrogen-bond donors (Lipinski definition) is 1. The van der Waals surface area contributed by atoms with E-state index in [0.717, 1.165) is 31.5 Å². The van der Waals surface area contributed by atoms with E-state index in [2.05, 4.69) is 62.6 Å². The Labute approximate surface area is 172 Å². The van der Waals surface area contributed by atoms with Gasteiger partial charge in [0, 0.05) is 19.6 Å². The van der Waals surface area contributed by atoms with Gasteiger partial charge in [0.05, 0.1) is 0 Å². The van der Waals surface area contributed by atoms with Crippen LogP contribution >= 0.6 is 24.0 Å². The van der Waals surface area contributed by atoms with E-state index in [-0.39, 0.29) is 24.0 Å². The molecule has 26 heavy (non-hydrogen) atoms. The van der Waals surface area contributed by atoms with Gasteiger partial charge in [-0.15, -0.1) is 24.0 Å². The van der Waals surface area contributed by atoms with Gasteiger partial charge in [0.25, 0.3) is 0 Å². The largest absolute Gasteiger partial charge is 0.357 e. The van der Waals surface area contributed by atoms with Gasteiger partial charge in [-0.2, -0.15) is 4.98 Å². The summed E-state index contributed by atoms with van der Waals surface area (Å²) in [7, 11) is 0. The molecule has 0 saturated carbocycles. The molecule has 0 aliphatic carbocycles. The smallest absolute Gasteiger partial charge is 0.248 e. The first kappa shape index (κ1) is 20.7. The van der Waals surface area contributed by atoms with Gasteiger partial charge in [0.2, 0.25) is 5.89 Å². The Morgan fingerprint density at radius 1 is 1.27 bits per heavy atom. The maximum Gasteiger partial charge on any atom is 0.248 e. The molecule has 0 bridgehead atoms. The number of aliphatic imine (C=N–C) groups is 1. The molecule has 0 unspecified atom stereocenters. The Hall–Kier alpha value is -1.64. The number of aromatic nitrogens is 2. The molecule has 7 heteroatoms. The van der Waals surface area contributed by atoms with Crippen molar-refractivity contribution in [1.29, 1.82) is 0 Å². The van der Waals surface area contributed by atoms with Crippen molar-refractivity contribution in [3.05, 3.63) is 47.6 Å². The van der Waals surface area contributed by atoms with Gasteiger partial charge in [0.1, 0.15) is 6.54 Å². The van der Waals surface area contributed by atoms with Crippen LogP contribution in [0.2, 0.25) is 0 Å². The van der Waals surface area contributed by atoms with Crippen LogP contribution in [0.3, 0.4) is 0 Å².